The van der Waals surface area contributed by atoms with Gasteiger partial charge >= 0.3 is 6.09 Å². The lowest BCUT2D eigenvalue weighted by Gasteiger charge is -2.34. The number of amides is 2. The maximum absolute atomic E-state index is 13.0. The number of ether oxygens (including phenoxy) is 1. The number of halogens is 1. The highest BCUT2D eigenvalue weighted by molar-refractivity contribution is 5.94. The topological polar surface area (TPSA) is 74.8 Å². The van der Waals surface area contributed by atoms with E-state index in [4.69, 9.17) is 4.74 Å². The molecule has 0 aliphatic carbocycles. The molecule has 166 valence electrons. The minimum atomic E-state index is -0.436. The molecule has 0 bridgehead atoms. The molecule has 8 heteroatoms. The molecule has 3 rings (SSSR count). The van der Waals surface area contributed by atoms with Crippen LogP contribution in [0.4, 0.5) is 15.0 Å². The van der Waals surface area contributed by atoms with Gasteiger partial charge in [0.15, 0.2) is 0 Å². The van der Waals surface area contributed by atoms with Crippen molar-refractivity contribution in [1.29, 1.82) is 0 Å². The molecule has 1 N–H and O–H groups in total. The summed E-state index contributed by atoms with van der Waals surface area (Å²) in [4.78, 5) is 32.4. The number of aromatic nitrogens is 1. The number of piperazine rings is 1. The Labute approximate surface area is 182 Å². The largest absolute Gasteiger partial charge is 0.415 e. The lowest BCUT2D eigenvalue weighted by molar-refractivity contribution is 0.0949. The van der Waals surface area contributed by atoms with Gasteiger partial charge in [0.2, 0.25) is 0 Å². The van der Waals surface area contributed by atoms with Crippen LogP contribution in [-0.2, 0) is 0 Å². The summed E-state index contributed by atoms with van der Waals surface area (Å²) >= 11 is 0. The van der Waals surface area contributed by atoms with Gasteiger partial charge in [-0.05, 0) is 48.2 Å². The van der Waals surface area contributed by atoms with E-state index < -0.39 is 6.09 Å². The van der Waals surface area contributed by atoms with Crippen LogP contribution in [-0.4, -0.2) is 54.6 Å². The number of benzene rings is 1. The van der Waals surface area contributed by atoms with Crippen LogP contribution in [0.3, 0.4) is 0 Å². The van der Waals surface area contributed by atoms with Crippen LogP contribution in [0, 0.1) is 11.2 Å². The van der Waals surface area contributed by atoms with Crippen LogP contribution in [0.1, 0.15) is 37.6 Å². The van der Waals surface area contributed by atoms with Gasteiger partial charge in [0.1, 0.15) is 17.4 Å². The highest BCUT2D eigenvalue weighted by Crippen LogP contribution is 2.18. The van der Waals surface area contributed by atoms with Crippen molar-refractivity contribution in [2.45, 2.75) is 27.2 Å². The molecule has 1 aliphatic heterocycles. The highest BCUT2D eigenvalue weighted by atomic mass is 19.1. The maximum Gasteiger partial charge on any atom is 0.415 e. The molecule has 0 saturated carbocycles. The first-order valence-corrected chi connectivity index (χ1v) is 10.4. The van der Waals surface area contributed by atoms with Crippen LogP contribution >= 0.6 is 0 Å². The Morgan fingerprint density at radius 1 is 1.06 bits per heavy atom. The van der Waals surface area contributed by atoms with Crippen LogP contribution in [0.15, 0.2) is 42.6 Å². The highest BCUT2D eigenvalue weighted by Gasteiger charge is 2.23. The minimum Gasteiger partial charge on any atom is -0.410 e. The van der Waals surface area contributed by atoms with Gasteiger partial charge in [-0.3, -0.25) is 4.79 Å². The van der Waals surface area contributed by atoms with Crippen molar-refractivity contribution in [3.8, 4) is 5.75 Å². The summed E-state index contributed by atoms with van der Waals surface area (Å²) in [5.74, 6) is 0.552. The summed E-state index contributed by atoms with van der Waals surface area (Å²) in [6.07, 6.45) is 1.64. The third-order valence-corrected chi connectivity index (χ3v) is 5.06. The fourth-order valence-electron chi connectivity index (χ4n) is 3.17. The second-order valence-electron chi connectivity index (χ2n) is 8.77. The van der Waals surface area contributed by atoms with Gasteiger partial charge in [0.25, 0.3) is 5.91 Å². The number of carbonyl (C=O) groups is 2. The molecule has 1 saturated heterocycles. The fraction of sp³-hybridized carbons (Fsp3) is 0.435. The van der Waals surface area contributed by atoms with Crippen LogP contribution < -0.4 is 15.0 Å². The van der Waals surface area contributed by atoms with E-state index in [0.717, 1.165) is 6.42 Å². The molecular formula is C23H29FN4O3. The second-order valence-corrected chi connectivity index (χ2v) is 8.77. The second kappa shape index (κ2) is 9.76. The summed E-state index contributed by atoms with van der Waals surface area (Å²) in [7, 11) is 0. The monoisotopic (exact) mass is 428 g/mol. The Morgan fingerprint density at radius 2 is 1.74 bits per heavy atom. The normalized spacial score (nSPS) is 14.3. The van der Waals surface area contributed by atoms with E-state index in [0.29, 0.717) is 49.9 Å². The quantitative estimate of drug-likeness (QED) is 0.786. The van der Waals surface area contributed by atoms with Gasteiger partial charge in [0.05, 0.1) is 6.20 Å². The molecule has 7 nitrogen and oxygen atoms in total. The third kappa shape index (κ3) is 6.67. The number of hydrogen-bond donors (Lipinski definition) is 1. The van der Waals surface area contributed by atoms with Gasteiger partial charge < -0.3 is 19.9 Å². The van der Waals surface area contributed by atoms with Crippen LogP contribution in [0.5, 0.6) is 5.75 Å². The molecule has 0 spiro atoms. The lowest BCUT2D eigenvalue weighted by Crippen LogP contribution is -2.49. The van der Waals surface area contributed by atoms with Crippen LogP contribution in [0.25, 0.3) is 0 Å². The summed E-state index contributed by atoms with van der Waals surface area (Å²) < 4.78 is 18.5. The summed E-state index contributed by atoms with van der Waals surface area (Å²) in [6.45, 7) is 9.12. The zero-order valence-electron chi connectivity index (χ0n) is 18.2. The molecule has 1 aromatic carbocycles. The minimum absolute atomic E-state index is 0.146. The number of nitrogens with zero attached hydrogens (tertiary/aromatic N) is 3. The number of pyridine rings is 1. The molecule has 1 aromatic heterocycles. The van der Waals surface area contributed by atoms with Gasteiger partial charge in [0, 0.05) is 38.3 Å². The molecule has 0 atom stereocenters. The Hall–Kier alpha value is -3.16. The SMILES string of the molecule is CC(C)(C)CCNC(=O)c1ccc(OC(=O)N2CCN(c3ccc(F)cn3)CC2)cc1. The predicted molar refractivity (Wildman–Crippen MR) is 117 cm³/mol. The first-order chi connectivity index (χ1) is 14.7. The van der Waals surface area contributed by atoms with Crippen molar-refractivity contribution in [3.63, 3.8) is 0 Å². The van der Waals surface area contributed by atoms with Crippen molar-refractivity contribution in [1.82, 2.24) is 15.2 Å². The fourth-order valence-corrected chi connectivity index (χ4v) is 3.17. The average Bonchev–Trinajstić information content (AvgIpc) is 2.74. The van der Waals surface area contributed by atoms with E-state index >= 15 is 0 Å². The van der Waals surface area contributed by atoms with Gasteiger partial charge in [-0.1, -0.05) is 20.8 Å². The van der Waals surface area contributed by atoms with Crippen molar-refractivity contribution < 1.29 is 18.7 Å². The van der Waals surface area contributed by atoms with E-state index in [-0.39, 0.29) is 17.1 Å². The molecule has 0 unspecified atom stereocenters. The number of hydrogen-bond acceptors (Lipinski definition) is 5. The summed E-state index contributed by atoms with van der Waals surface area (Å²) in [5, 5.41) is 2.90. The van der Waals surface area contributed by atoms with E-state index in [2.05, 4.69) is 31.1 Å². The third-order valence-electron chi connectivity index (χ3n) is 5.06. The van der Waals surface area contributed by atoms with Crippen molar-refractivity contribution in [2.24, 2.45) is 5.41 Å². The molecule has 2 heterocycles. The standard InChI is InChI=1S/C23H29FN4O3/c1-23(2,3)10-11-25-21(29)17-4-7-19(8-5-17)31-22(30)28-14-12-27(13-15-28)20-9-6-18(24)16-26-20/h4-9,16H,10-15H2,1-3H3,(H,25,29). The summed E-state index contributed by atoms with van der Waals surface area (Å²) in [5.41, 5.74) is 0.681. The molecule has 2 amide bonds. The lowest BCUT2D eigenvalue weighted by atomic mass is 9.92. The van der Waals surface area contributed by atoms with E-state index in [1.165, 1.54) is 12.3 Å². The van der Waals surface area contributed by atoms with E-state index in [1.807, 2.05) is 4.90 Å². The molecule has 1 fully saturated rings. The summed E-state index contributed by atoms with van der Waals surface area (Å²) in [6, 6.07) is 9.53. The molecule has 0 radical (unpaired) electrons. The van der Waals surface area contributed by atoms with Gasteiger partial charge in [-0.15, -0.1) is 0 Å². The Balaban J connectivity index is 1.46. The number of anilines is 1. The zero-order chi connectivity index (χ0) is 22.4. The maximum atomic E-state index is 13.0. The Kier molecular flexibility index (Phi) is 7.09. The Morgan fingerprint density at radius 3 is 2.32 bits per heavy atom. The van der Waals surface area contributed by atoms with Crippen molar-refractivity contribution in [2.75, 3.05) is 37.6 Å². The van der Waals surface area contributed by atoms with Crippen molar-refractivity contribution in [3.05, 3.63) is 54.0 Å². The van der Waals surface area contributed by atoms with E-state index in [1.54, 1.807) is 35.2 Å². The molecule has 2 aromatic rings. The Bertz CT molecular complexity index is 887. The molecule has 1 aliphatic rings. The van der Waals surface area contributed by atoms with Crippen LogP contribution in [0.2, 0.25) is 0 Å². The zero-order valence-corrected chi connectivity index (χ0v) is 18.2. The van der Waals surface area contributed by atoms with Gasteiger partial charge in [-0.2, -0.15) is 0 Å². The number of nitrogens with one attached hydrogen (secondary N) is 1. The van der Waals surface area contributed by atoms with Crippen molar-refractivity contribution >= 4 is 17.8 Å². The predicted octanol–water partition coefficient (Wildman–Crippen LogP) is 3.71. The first kappa shape index (κ1) is 22.5. The van der Waals surface area contributed by atoms with Gasteiger partial charge in [-0.25, -0.2) is 14.2 Å². The smallest absolute Gasteiger partial charge is 0.410 e. The average molecular weight is 429 g/mol. The number of carbonyl (C=O) groups excluding carboxylic acids is 2. The molecular weight excluding hydrogens is 399 g/mol. The van der Waals surface area contributed by atoms with E-state index in [9.17, 15) is 14.0 Å². The first-order valence-electron chi connectivity index (χ1n) is 10.4. The number of rotatable bonds is 5. The molecule has 31 heavy (non-hydrogen) atoms.